The maximum absolute atomic E-state index is 12.1. The third kappa shape index (κ3) is 4.57. The molecule has 3 rings (SSSR count). The van der Waals surface area contributed by atoms with Crippen molar-refractivity contribution in [1.29, 1.82) is 0 Å². The summed E-state index contributed by atoms with van der Waals surface area (Å²) in [5.41, 5.74) is 0.977. The van der Waals surface area contributed by atoms with E-state index in [2.05, 4.69) is 32.7 Å². The van der Waals surface area contributed by atoms with Crippen LogP contribution in [0.3, 0.4) is 0 Å². The van der Waals surface area contributed by atoms with Gasteiger partial charge in [-0.3, -0.25) is 9.47 Å². The summed E-state index contributed by atoms with van der Waals surface area (Å²) in [7, 11) is 0. The fourth-order valence-electron chi connectivity index (χ4n) is 3.25. The van der Waals surface area contributed by atoms with Crippen LogP contribution in [0.2, 0.25) is 0 Å². The van der Waals surface area contributed by atoms with Crippen molar-refractivity contribution in [1.82, 2.24) is 30.3 Å². The van der Waals surface area contributed by atoms with Gasteiger partial charge in [0.15, 0.2) is 5.82 Å². The molecule has 0 bridgehead atoms. The van der Waals surface area contributed by atoms with Crippen LogP contribution in [0.1, 0.15) is 32.0 Å². The van der Waals surface area contributed by atoms with Crippen LogP contribution in [0.25, 0.3) is 5.69 Å². The summed E-state index contributed by atoms with van der Waals surface area (Å²) in [6.45, 7) is 5.46. The lowest BCUT2D eigenvalue weighted by atomic mass is 10.2. The van der Waals surface area contributed by atoms with Gasteiger partial charge in [-0.15, -0.1) is 10.2 Å². The Morgan fingerprint density at radius 2 is 1.96 bits per heavy atom. The minimum absolute atomic E-state index is 0.166. The summed E-state index contributed by atoms with van der Waals surface area (Å²) in [6.07, 6.45) is 5.23. The van der Waals surface area contributed by atoms with Gasteiger partial charge in [0.25, 0.3) is 0 Å². The van der Waals surface area contributed by atoms with Crippen molar-refractivity contribution in [3.63, 3.8) is 0 Å². The molecule has 0 aliphatic carbocycles. The molecule has 0 saturated carbocycles. The number of urea groups is 1. The molecular weight excluding hydrogens is 316 g/mol. The SMILES string of the molecule is CC[C@@H](CNC(=O)NCc1nncn1-c1ccccc1)N1CCCC1. The lowest BCUT2D eigenvalue weighted by molar-refractivity contribution is 0.216. The van der Waals surface area contributed by atoms with E-state index in [9.17, 15) is 4.79 Å². The normalized spacial score (nSPS) is 15.9. The highest BCUT2D eigenvalue weighted by molar-refractivity contribution is 5.73. The zero-order chi connectivity index (χ0) is 17.5. The van der Waals surface area contributed by atoms with Gasteiger partial charge >= 0.3 is 6.03 Å². The molecule has 0 unspecified atom stereocenters. The predicted octanol–water partition coefficient (Wildman–Crippen LogP) is 1.94. The highest BCUT2D eigenvalue weighted by atomic mass is 16.2. The van der Waals surface area contributed by atoms with E-state index < -0.39 is 0 Å². The van der Waals surface area contributed by atoms with E-state index in [0.29, 0.717) is 25.0 Å². The van der Waals surface area contributed by atoms with Gasteiger partial charge in [0.2, 0.25) is 0 Å². The first-order chi connectivity index (χ1) is 12.3. The van der Waals surface area contributed by atoms with Crippen molar-refractivity contribution >= 4 is 6.03 Å². The number of hydrogen-bond donors (Lipinski definition) is 2. The standard InChI is InChI=1S/C18H26N6O/c1-2-15(23-10-6-7-11-23)12-19-18(25)20-13-17-22-21-14-24(17)16-8-4-3-5-9-16/h3-5,8-9,14-15H,2,6-7,10-13H2,1H3,(H2,19,20,25)/t15-/m0/s1. The van der Waals surface area contributed by atoms with Crippen LogP contribution in [0.4, 0.5) is 4.79 Å². The molecule has 1 aliphatic heterocycles. The molecule has 0 spiro atoms. The molecular formula is C18H26N6O. The van der Waals surface area contributed by atoms with Gasteiger partial charge in [-0.1, -0.05) is 25.1 Å². The summed E-state index contributed by atoms with van der Waals surface area (Å²) in [5.74, 6) is 0.702. The summed E-state index contributed by atoms with van der Waals surface area (Å²) < 4.78 is 1.87. The number of amides is 2. The average molecular weight is 342 g/mol. The Bertz CT molecular complexity index is 665. The van der Waals surface area contributed by atoms with Crippen molar-refractivity contribution < 1.29 is 4.79 Å². The first kappa shape index (κ1) is 17.4. The smallest absolute Gasteiger partial charge is 0.315 e. The Balaban J connectivity index is 1.49. The molecule has 25 heavy (non-hydrogen) atoms. The number of benzene rings is 1. The molecule has 1 fully saturated rings. The number of carbonyl (C=O) groups excluding carboxylic acids is 1. The summed E-state index contributed by atoms with van der Waals surface area (Å²) >= 11 is 0. The zero-order valence-electron chi connectivity index (χ0n) is 14.7. The lowest BCUT2D eigenvalue weighted by Gasteiger charge is -2.26. The fourth-order valence-corrected chi connectivity index (χ4v) is 3.25. The molecule has 2 N–H and O–H groups in total. The maximum atomic E-state index is 12.1. The predicted molar refractivity (Wildman–Crippen MR) is 96.5 cm³/mol. The Morgan fingerprint density at radius 3 is 2.68 bits per heavy atom. The highest BCUT2D eigenvalue weighted by Gasteiger charge is 2.20. The van der Waals surface area contributed by atoms with E-state index in [1.165, 1.54) is 12.8 Å². The maximum Gasteiger partial charge on any atom is 0.315 e. The third-order valence-corrected chi connectivity index (χ3v) is 4.69. The third-order valence-electron chi connectivity index (χ3n) is 4.69. The quantitative estimate of drug-likeness (QED) is 0.806. The summed E-state index contributed by atoms with van der Waals surface area (Å²) in [6, 6.07) is 10.1. The van der Waals surface area contributed by atoms with Crippen LogP contribution in [-0.2, 0) is 6.54 Å². The molecule has 1 aliphatic rings. The van der Waals surface area contributed by atoms with Gasteiger partial charge in [-0.2, -0.15) is 0 Å². The van der Waals surface area contributed by atoms with Crippen molar-refractivity contribution in [2.75, 3.05) is 19.6 Å². The first-order valence-electron chi connectivity index (χ1n) is 8.98. The van der Waals surface area contributed by atoms with Crippen LogP contribution in [0.5, 0.6) is 0 Å². The number of aromatic nitrogens is 3. The second-order valence-electron chi connectivity index (χ2n) is 6.32. The molecule has 1 atom stereocenters. The Kier molecular flexibility index (Phi) is 6.00. The summed E-state index contributed by atoms with van der Waals surface area (Å²) in [4.78, 5) is 14.6. The van der Waals surface area contributed by atoms with Crippen LogP contribution in [-0.4, -0.2) is 51.4 Å². The highest BCUT2D eigenvalue weighted by Crippen LogP contribution is 2.13. The molecule has 2 aromatic rings. The van der Waals surface area contributed by atoms with E-state index in [1.54, 1.807) is 6.33 Å². The molecule has 7 nitrogen and oxygen atoms in total. The number of carbonyl (C=O) groups is 1. The number of nitrogens with one attached hydrogen (secondary N) is 2. The van der Waals surface area contributed by atoms with Crippen LogP contribution < -0.4 is 10.6 Å². The molecule has 1 saturated heterocycles. The van der Waals surface area contributed by atoms with Crippen molar-refractivity contribution in [2.24, 2.45) is 0 Å². The van der Waals surface area contributed by atoms with Crippen molar-refractivity contribution in [3.8, 4) is 5.69 Å². The lowest BCUT2D eigenvalue weighted by Crippen LogP contribution is -2.45. The van der Waals surface area contributed by atoms with Gasteiger partial charge < -0.3 is 10.6 Å². The van der Waals surface area contributed by atoms with Gasteiger partial charge in [-0.05, 0) is 44.5 Å². The van der Waals surface area contributed by atoms with Crippen LogP contribution in [0, 0.1) is 0 Å². The number of hydrogen-bond acceptors (Lipinski definition) is 4. The molecule has 134 valence electrons. The van der Waals surface area contributed by atoms with E-state index in [4.69, 9.17) is 0 Å². The van der Waals surface area contributed by atoms with Crippen LogP contribution >= 0.6 is 0 Å². The molecule has 2 amide bonds. The monoisotopic (exact) mass is 342 g/mol. The summed E-state index contributed by atoms with van der Waals surface area (Å²) in [5, 5.41) is 13.9. The Morgan fingerprint density at radius 1 is 1.20 bits per heavy atom. The van der Waals surface area contributed by atoms with E-state index >= 15 is 0 Å². The average Bonchev–Trinajstić information content (AvgIpc) is 3.33. The zero-order valence-corrected chi connectivity index (χ0v) is 14.7. The number of nitrogens with zero attached hydrogens (tertiary/aromatic N) is 4. The van der Waals surface area contributed by atoms with Gasteiger partial charge in [0, 0.05) is 18.3 Å². The van der Waals surface area contributed by atoms with E-state index in [-0.39, 0.29) is 6.03 Å². The largest absolute Gasteiger partial charge is 0.337 e. The van der Waals surface area contributed by atoms with E-state index in [0.717, 1.165) is 25.2 Å². The van der Waals surface area contributed by atoms with Crippen molar-refractivity contribution in [2.45, 2.75) is 38.8 Å². The van der Waals surface area contributed by atoms with Crippen molar-refractivity contribution in [3.05, 3.63) is 42.5 Å². The minimum atomic E-state index is -0.166. The Hall–Kier alpha value is -2.41. The van der Waals surface area contributed by atoms with Gasteiger partial charge in [-0.25, -0.2) is 4.79 Å². The molecule has 1 aromatic carbocycles. The van der Waals surface area contributed by atoms with Gasteiger partial charge in [0.05, 0.1) is 6.54 Å². The number of para-hydroxylation sites is 1. The first-order valence-corrected chi connectivity index (χ1v) is 8.98. The van der Waals surface area contributed by atoms with E-state index in [1.807, 2.05) is 34.9 Å². The fraction of sp³-hybridized carbons (Fsp3) is 0.500. The molecule has 7 heteroatoms. The number of likely N-dealkylation sites (tertiary alicyclic amines) is 1. The number of rotatable bonds is 7. The molecule has 0 radical (unpaired) electrons. The topological polar surface area (TPSA) is 75.1 Å². The second kappa shape index (κ2) is 8.62. The van der Waals surface area contributed by atoms with Crippen LogP contribution in [0.15, 0.2) is 36.7 Å². The minimum Gasteiger partial charge on any atom is -0.337 e. The second-order valence-corrected chi connectivity index (χ2v) is 6.32. The Labute approximate surface area is 148 Å². The molecule has 1 aromatic heterocycles. The van der Waals surface area contributed by atoms with Gasteiger partial charge in [0.1, 0.15) is 6.33 Å². The molecule has 2 heterocycles.